The summed E-state index contributed by atoms with van der Waals surface area (Å²) in [5.41, 5.74) is 0.709. The maximum absolute atomic E-state index is 11.7. The number of aryl methyl sites for hydroxylation is 1. The lowest BCUT2D eigenvalue weighted by Gasteiger charge is -2.04. The SMILES string of the molecule is Cc1cc(NC(=O)CSc2cc(Cl)ccc2Cl)on1. The molecule has 1 N–H and O–H groups in total. The molecule has 0 fully saturated rings. The van der Waals surface area contributed by atoms with Gasteiger partial charge in [-0.05, 0) is 25.1 Å². The number of hydrogen-bond acceptors (Lipinski definition) is 4. The fourth-order valence-electron chi connectivity index (χ4n) is 1.33. The van der Waals surface area contributed by atoms with Crippen LogP contribution in [0.1, 0.15) is 5.69 Å². The zero-order valence-corrected chi connectivity index (χ0v) is 12.3. The number of anilines is 1. The van der Waals surface area contributed by atoms with Gasteiger partial charge in [0.15, 0.2) is 0 Å². The molecule has 0 bridgehead atoms. The van der Waals surface area contributed by atoms with E-state index in [1.54, 1.807) is 31.2 Å². The third kappa shape index (κ3) is 4.16. The highest BCUT2D eigenvalue weighted by Gasteiger charge is 2.09. The van der Waals surface area contributed by atoms with Gasteiger partial charge in [0.05, 0.1) is 16.5 Å². The minimum atomic E-state index is -0.197. The van der Waals surface area contributed by atoms with Crippen LogP contribution in [0.2, 0.25) is 10.0 Å². The van der Waals surface area contributed by atoms with Crippen LogP contribution in [0.15, 0.2) is 33.7 Å². The molecule has 0 atom stereocenters. The summed E-state index contributed by atoms with van der Waals surface area (Å²) in [5.74, 6) is 0.345. The molecular weight excluding hydrogens is 307 g/mol. The molecule has 0 radical (unpaired) electrons. The normalized spacial score (nSPS) is 10.5. The first-order valence-electron chi connectivity index (χ1n) is 5.35. The van der Waals surface area contributed by atoms with Crippen LogP contribution in [-0.4, -0.2) is 16.8 Å². The molecule has 0 saturated heterocycles. The fraction of sp³-hybridized carbons (Fsp3) is 0.167. The summed E-state index contributed by atoms with van der Waals surface area (Å²) in [6.45, 7) is 1.78. The second-order valence-electron chi connectivity index (χ2n) is 3.74. The Hall–Kier alpha value is -1.17. The summed E-state index contributed by atoms with van der Waals surface area (Å²) >= 11 is 13.2. The van der Waals surface area contributed by atoms with Crippen molar-refractivity contribution in [1.29, 1.82) is 0 Å². The third-order valence-electron chi connectivity index (χ3n) is 2.14. The van der Waals surface area contributed by atoms with Crippen molar-refractivity contribution in [3.8, 4) is 0 Å². The molecule has 0 unspecified atom stereocenters. The number of carbonyl (C=O) groups excluding carboxylic acids is 1. The van der Waals surface area contributed by atoms with Gasteiger partial charge in [-0.15, -0.1) is 11.8 Å². The maximum Gasteiger partial charge on any atom is 0.237 e. The second kappa shape index (κ2) is 6.32. The summed E-state index contributed by atoms with van der Waals surface area (Å²) in [5, 5.41) is 7.43. The van der Waals surface area contributed by atoms with Crippen LogP contribution in [-0.2, 0) is 4.79 Å². The van der Waals surface area contributed by atoms with E-state index in [4.69, 9.17) is 27.7 Å². The van der Waals surface area contributed by atoms with E-state index in [0.717, 1.165) is 4.90 Å². The van der Waals surface area contributed by atoms with Gasteiger partial charge in [-0.3, -0.25) is 10.1 Å². The first-order valence-corrected chi connectivity index (χ1v) is 7.10. The first kappa shape index (κ1) is 14.2. The number of carbonyl (C=O) groups is 1. The van der Waals surface area contributed by atoms with E-state index in [9.17, 15) is 4.79 Å². The molecule has 1 heterocycles. The summed E-state index contributed by atoms with van der Waals surface area (Å²) in [7, 11) is 0. The van der Waals surface area contributed by atoms with E-state index in [1.807, 2.05) is 0 Å². The summed E-state index contributed by atoms with van der Waals surface area (Å²) in [4.78, 5) is 12.5. The highest BCUT2D eigenvalue weighted by atomic mass is 35.5. The van der Waals surface area contributed by atoms with Gasteiger partial charge in [0.1, 0.15) is 0 Å². The molecule has 1 aromatic heterocycles. The van der Waals surface area contributed by atoms with E-state index < -0.39 is 0 Å². The summed E-state index contributed by atoms with van der Waals surface area (Å²) in [6.07, 6.45) is 0. The van der Waals surface area contributed by atoms with Crippen molar-refractivity contribution in [2.75, 3.05) is 11.1 Å². The minimum Gasteiger partial charge on any atom is -0.338 e. The largest absolute Gasteiger partial charge is 0.338 e. The zero-order chi connectivity index (χ0) is 13.8. The molecule has 0 spiro atoms. The molecule has 2 rings (SSSR count). The Morgan fingerprint density at radius 2 is 2.21 bits per heavy atom. The van der Waals surface area contributed by atoms with Crippen LogP contribution < -0.4 is 5.32 Å². The van der Waals surface area contributed by atoms with Crippen LogP contribution >= 0.6 is 35.0 Å². The molecule has 1 amide bonds. The molecule has 0 aliphatic carbocycles. The molecule has 2 aromatic rings. The van der Waals surface area contributed by atoms with Gasteiger partial charge in [-0.2, -0.15) is 0 Å². The smallest absolute Gasteiger partial charge is 0.237 e. The lowest BCUT2D eigenvalue weighted by molar-refractivity contribution is -0.113. The lowest BCUT2D eigenvalue weighted by atomic mass is 10.4. The van der Waals surface area contributed by atoms with Crippen molar-refractivity contribution in [2.45, 2.75) is 11.8 Å². The van der Waals surface area contributed by atoms with E-state index in [0.29, 0.717) is 21.6 Å². The highest BCUT2D eigenvalue weighted by molar-refractivity contribution is 8.00. The van der Waals surface area contributed by atoms with Crippen molar-refractivity contribution >= 4 is 46.8 Å². The van der Waals surface area contributed by atoms with Gasteiger partial charge >= 0.3 is 0 Å². The van der Waals surface area contributed by atoms with Crippen molar-refractivity contribution < 1.29 is 9.32 Å². The molecular formula is C12H10Cl2N2O2S. The lowest BCUT2D eigenvalue weighted by Crippen LogP contribution is -2.13. The van der Waals surface area contributed by atoms with E-state index in [2.05, 4.69) is 10.5 Å². The molecule has 7 heteroatoms. The number of rotatable bonds is 4. The average molecular weight is 317 g/mol. The summed E-state index contributed by atoms with van der Waals surface area (Å²) < 4.78 is 4.89. The van der Waals surface area contributed by atoms with Gasteiger partial charge in [0.2, 0.25) is 11.8 Å². The van der Waals surface area contributed by atoms with Gasteiger partial charge < -0.3 is 4.52 Å². The van der Waals surface area contributed by atoms with Crippen LogP contribution in [0, 0.1) is 6.92 Å². The second-order valence-corrected chi connectivity index (χ2v) is 5.60. The van der Waals surface area contributed by atoms with Gasteiger partial charge in [0.25, 0.3) is 0 Å². The Bertz CT molecular complexity index is 601. The Labute approximate surface area is 124 Å². The minimum absolute atomic E-state index is 0.197. The van der Waals surface area contributed by atoms with Gasteiger partial charge in [-0.1, -0.05) is 28.4 Å². The number of benzene rings is 1. The number of halogens is 2. The predicted molar refractivity (Wildman–Crippen MR) is 77.1 cm³/mol. The van der Waals surface area contributed by atoms with Crippen LogP contribution in [0.4, 0.5) is 5.88 Å². The van der Waals surface area contributed by atoms with Crippen molar-refractivity contribution in [2.24, 2.45) is 0 Å². The maximum atomic E-state index is 11.7. The molecule has 19 heavy (non-hydrogen) atoms. The molecule has 0 aliphatic heterocycles. The monoisotopic (exact) mass is 316 g/mol. The first-order chi connectivity index (χ1) is 9.04. The van der Waals surface area contributed by atoms with Crippen molar-refractivity contribution in [3.63, 3.8) is 0 Å². The molecule has 100 valence electrons. The number of aromatic nitrogens is 1. The zero-order valence-electron chi connectivity index (χ0n) is 9.94. The number of nitrogens with zero attached hydrogens (tertiary/aromatic N) is 1. The van der Waals surface area contributed by atoms with Crippen molar-refractivity contribution in [3.05, 3.63) is 40.0 Å². The Kier molecular flexibility index (Phi) is 4.74. The molecule has 4 nitrogen and oxygen atoms in total. The number of amides is 1. The standard InChI is InChI=1S/C12H10Cl2N2O2S/c1-7-4-12(18-16-7)15-11(17)6-19-10-5-8(13)2-3-9(10)14/h2-5H,6H2,1H3,(H,15,17). The van der Waals surface area contributed by atoms with Crippen molar-refractivity contribution in [1.82, 2.24) is 5.16 Å². The van der Waals surface area contributed by atoms with Crippen LogP contribution in [0.3, 0.4) is 0 Å². The number of nitrogens with one attached hydrogen (secondary N) is 1. The average Bonchev–Trinajstić information content (AvgIpc) is 2.76. The highest BCUT2D eigenvalue weighted by Crippen LogP contribution is 2.29. The van der Waals surface area contributed by atoms with Gasteiger partial charge in [0, 0.05) is 16.0 Å². The Morgan fingerprint density at radius 1 is 1.42 bits per heavy atom. The molecule has 1 aromatic carbocycles. The quantitative estimate of drug-likeness (QED) is 0.865. The van der Waals surface area contributed by atoms with Gasteiger partial charge in [-0.25, -0.2) is 0 Å². The molecule has 0 saturated carbocycles. The third-order valence-corrected chi connectivity index (χ3v) is 3.87. The number of thioether (sulfide) groups is 1. The van der Waals surface area contributed by atoms with Crippen LogP contribution in [0.25, 0.3) is 0 Å². The molecule has 0 aliphatic rings. The Morgan fingerprint density at radius 3 is 2.89 bits per heavy atom. The fourth-order valence-corrected chi connectivity index (χ4v) is 2.62. The number of hydrogen-bond donors (Lipinski definition) is 1. The summed E-state index contributed by atoms with van der Waals surface area (Å²) in [6, 6.07) is 6.77. The predicted octanol–water partition coefficient (Wildman–Crippen LogP) is 4.02. The van der Waals surface area contributed by atoms with E-state index in [1.165, 1.54) is 11.8 Å². The Balaban J connectivity index is 1.91. The van der Waals surface area contributed by atoms with E-state index in [-0.39, 0.29) is 11.7 Å². The van der Waals surface area contributed by atoms with E-state index >= 15 is 0 Å². The van der Waals surface area contributed by atoms with Crippen LogP contribution in [0.5, 0.6) is 0 Å². The topological polar surface area (TPSA) is 55.1 Å².